The summed E-state index contributed by atoms with van der Waals surface area (Å²) in [6.45, 7) is 3.12. The average molecular weight is 282 g/mol. The highest BCUT2D eigenvalue weighted by molar-refractivity contribution is 9.10. The summed E-state index contributed by atoms with van der Waals surface area (Å²) in [7, 11) is 0. The zero-order chi connectivity index (χ0) is 11.0. The zero-order valence-electron chi connectivity index (χ0n) is 9.26. The Bertz CT molecular complexity index is 399. The molecular weight excluding hydrogens is 266 g/mol. The van der Waals surface area contributed by atoms with Crippen LogP contribution in [0.25, 0.3) is 0 Å². The lowest BCUT2D eigenvalue weighted by Gasteiger charge is -2.23. The largest absolute Gasteiger partial charge is 0.492 e. The summed E-state index contributed by atoms with van der Waals surface area (Å²) < 4.78 is 6.74. The Labute approximate surface area is 105 Å². The lowest BCUT2D eigenvalue weighted by molar-refractivity contribution is 0.355. The van der Waals surface area contributed by atoms with Gasteiger partial charge in [-0.3, -0.25) is 0 Å². The predicted octanol–water partition coefficient (Wildman–Crippen LogP) is 2.85. The smallest absolute Gasteiger partial charge is 0.136 e. The van der Waals surface area contributed by atoms with Crippen LogP contribution in [-0.2, 0) is 6.42 Å². The molecule has 2 aliphatic rings. The summed E-state index contributed by atoms with van der Waals surface area (Å²) in [6, 6.07) is 4.58. The molecule has 2 aliphatic heterocycles. The molecule has 2 nitrogen and oxygen atoms in total. The highest BCUT2D eigenvalue weighted by Crippen LogP contribution is 2.37. The van der Waals surface area contributed by atoms with E-state index in [9.17, 15) is 0 Å². The number of rotatable bonds is 1. The maximum atomic E-state index is 5.61. The Morgan fingerprint density at radius 3 is 3.12 bits per heavy atom. The topological polar surface area (TPSA) is 21.3 Å². The Morgan fingerprint density at radius 1 is 1.38 bits per heavy atom. The molecular formula is C13H16BrNO. The van der Waals surface area contributed by atoms with Crippen LogP contribution in [0.5, 0.6) is 5.75 Å². The van der Waals surface area contributed by atoms with E-state index in [1.54, 1.807) is 0 Å². The van der Waals surface area contributed by atoms with Gasteiger partial charge < -0.3 is 10.1 Å². The molecule has 0 saturated carbocycles. The van der Waals surface area contributed by atoms with Crippen LogP contribution >= 0.6 is 15.9 Å². The fourth-order valence-corrected chi connectivity index (χ4v) is 3.29. The van der Waals surface area contributed by atoms with Gasteiger partial charge in [-0.25, -0.2) is 0 Å². The summed E-state index contributed by atoms with van der Waals surface area (Å²) in [4.78, 5) is 0. The molecule has 0 aromatic heterocycles. The molecule has 1 fully saturated rings. The minimum absolute atomic E-state index is 0.677. The Balaban J connectivity index is 1.92. The van der Waals surface area contributed by atoms with Crippen molar-refractivity contribution in [2.45, 2.75) is 25.2 Å². The van der Waals surface area contributed by atoms with Crippen molar-refractivity contribution in [1.29, 1.82) is 0 Å². The van der Waals surface area contributed by atoms with Gasteiger partial charge in [-0.1, -0.05) is 6.07 Å². The number of piperidine rings is 1. The van der Waals surface area contributed by atoms with Gasteiger partial charge in [-0.2, -0.15) is 0 Å². The minimum Gasteiger partial charge on any atom is -0.492 e. The van der Waals surface area contributed by atoms with Crippen LogP contribution in [0.3, 0.4) is 0 Å². The third kappa shape index (κ3) is 1.87. The number of benzene rings is 1. The molecule has 0 radical (unpaired) electrons. The first-order chi connectivity index (χ1) is 7.84. The molecule has 0 unspecified atom stereocenters. The van der Waals surface area contributed by atoms with Gasteiger partial charge >= 0.3 is 0 Å². The molecule has 3 rings (SSSR count). The molecule has 0 amide bonds. The number of hydrogen-bond acceptors (Lipinski definition) is 2. The van der Waals surface area contributed by atoms with E-state index in [2.05, 4.69) is 33.4 Å². The quantitative estimate of drug-likeness (QED) is 0.855. The summed E-state index contributed by atoms with van der Waals surface area (Å²) in [5.74, 6) is 1.74. The average Bonchev–Trinajstić information content (AvgIpc) is 2.79. The molecule has 1 aromatic carbocycles. The molecule has 1 aromatic rings. The van der Waals surface area contributed by atoms with Gasteiger partial charge in [-0.05, 0) is 58.4 Å². The third-order valence-corrected chi connectivity index (χ3v) is 4.12. The number of fused-ring (bicyclic) bond motifs is 1. The van der Waals surface area contributed by atoms with E-state index in [1.807, 2.05) is 0 Å². The van der Waals surface area contributed by atoms with E-state index >= 15 is 0 Å². The predicted molar refractivity (Wildman–Crippen MR) is 68.2 cm³/mol. The van der Waals surface area contributed by atoms with E-state index in [0.29, 0.717) is 5.92 Å². The Hall–Kier alpha value is -0.540. The zero-order valence-corrected chi connectivity index (χ0v) is 10.8. The van der Waals surface area contributed by atoms with Crippen molar-refractivity contribution in [3.8, 4) is 5.75 Å². The minimum atomic E-state index is 0.677. The van der Waals surface area contributed by atoms with Crippen LogP contribution in [0.15, 0.2) is 16.6 Å². The molecule has 16 heavy (non-hydrogen) atoms. The van der Waals surface area contributed by atoms with Crippen LogP contribution in [0, 0.1) is 0 Å². The fraction of sp³-hybridized carbons (Fsp3) is 0.538. The third-order valence-electron chi connectivity index (χ3n) is 3.53. The SMILES string of the molecule is Brc1cc([C@@H]2CCCNC2)cc2c1OCC2. The van der Waals surface area contributed by atoms with Crippen LogP contribution in [-0.4, -0.2) is 19.7 Å². The summed E-state index contributed by atoms with van der Waals surface area (Å²) in [5, 5.41) is 3.47. The molecule has 0 spiro atoms. The van der Waals surface area contributed by atoms with Crippen LogP contribution in [0.4, 0.5) is 0 Å². The second-order valence-corrected chi connectivity index (χ2v) is 5.49. The van der Waals surface area contributed by atoms with Crippen molar-refractivity contribution >= 4 is 15.9 Å². The lowest BCUT2D eigenvalue weighted by atomic mass is 9.90. The molecule has 0 aliphatic carbocycles. The van der Waals surface area contributed by atoms with Crippen molar-refractivity contribution in [1.82, 2.24) is 5.32 Å². The highest BCUT2D eigenvalue weighted by Gasteiger charge is 2.21. The normalized spacial score (nSPS) is 23.9. The molecule has 1 N–H and O–H groups in total. The maximum absolute atomic E-state index is 5.61. The van der Waals surface area contributed by atoms with Crippen molar-refractivity contribution in [2.75, 3.05) is 19.7 Å². The first kappa shape index (κ1) is 10.6. The summed E-state index contributed by atoms with van der Waals surface area (Å²) in [6.07, 6.45) is 3.65. The van der Waals surface area contributed by atoms with E-state index in [4.69, 9.17) is 4.74 Å². The van der Waals surface area contributed by atoms with Crippen molar-refractivity contribution in [3.05, 3.63) is 27.7 Å². The van der Waals surface area contributed by atoms with Gasteiger partial charge in [0.1, 0.15) is 5.75 Å². The molecule has 1 saturated heterocycles. The van der Waals surface area contributed by atoms with Gasteiger partial charge in [0, 0.05) is 13.0 Å². The number of nitrogens with one attached hydrogen (secondary N) is 1. The van der Waals surface area contributed by atoms with Gasteiger partial charge in [-0.15, -0.1) is 0 Å². The number of ether oxygens (including phenoxy) is 1. The Kier molecular flexibility index (Phi) is 2.90. The van der Waals surface area contributed by atoms with Gasteiger partial charge in [0.05, 0.1) is 11.1 Å². The first-order valence-electron chi connectivity index (χ1n) is 6.00. The second-order valence-electron chi connectivity index (χ2n) is 4.63. The van der Waals surface area contributed by atoms with Gasteiger partial charge in [0.25, 0.3) is 0 Å². The maximum Gasteiger partial charge on any atom is 0.136 e. The summed E-state index contributed by atoms with van der Waals surface area (Å²) in [5.41, 5.74) is 2.83. The molecule has 3 heteroatoms. The van der Waals surface area contributed by atoms with E-state index in [-0.39, 0.29) is 0 Å². The lowest BCUT2D eigenvalue weighted by Crippen LogP contribution is -2.28. The van der Waals surface area contributed by atoms with Crippen molar-refractivity contribution < 1.29 is 4.74 Å². The van der Waals surface area contributed by atoms with Crippen molar-refractivity contribution in [2.24, 2.45) is 0 Å². The van der Waals surface area contributed by atoms with Crippen molar-refractivity contribution in [3.63, 3.8) is 0 Å². The monoisotopic (exact) mass is 281 g/mol. The number of hydrogen-bond donors (Lipinski definition) is 1. The first-order valence-corrected chi connectivity index (χ1v) is 6.80. The van der Waals surface area contributed by atoms with Gasteiger partial charge in [0.2, 0.25) is 0 Å². The van der Waals surface area contributed by atoms with E-state index in [1.165, 1.54) is 30.5 Å². The molecule has 86 valence electrons. The number of halogens is 1. The summed E-state index contributed by atoms with van der Waals surface area (Å²) >= 11 is 3.62. The molecule has 1 atom stereocenters. The van der Waals surface area contributed by atoms with Crippen LogP contribution in [0.1, 0.15) is 29.9 Å². The van der Waals surface area contributed by atoms with Gasteiger partial charge in [0.15, 0.2) is 0 Å². The van der Waals surface area contributed by atoms with E-state index < -0.39 is 0 Å². The molecule has 2 heterocycles. The second kappa shape index (κ2) is 4.38. The fourth-order valence-electron chi connectivity index (χ4n) is 2.66. The Morgan fingerprint density at radius 2 is 2.31 bits per heavy atom. The van der Waals surface area contributed by atoms with Crippen LogP contribution < -0.4 is 10.1 Å². The molecule has 0 bridgehead atoms. The highest BCUT2D eigenvalue weighted by atomic mass is 79.9. The van der Waals surface area contributed by atoms with E-state index in [0.717, 1.165) is 29.8 Å². The standard InChI is InChI=1S/C13H16BrNO/c14-12-7-11(10-2-1-4-15-8-10)6-9-3-5-16-13(9)12/h6-7,10,15H,1-5,8H2/t10-/m1/s1. The van der Waals surface area contributed by atoms with Crippen LogP contribution in [0.2, 0.25) is 0 Å².